The van der Waals surface area contributed by atoms with Crippen LogP contribution in [0.3, 0.4) is 0 Å². The van der Waals surface area contributed by atoms with Gasteiger partial charge in [0, 0.05) is 6.20 Å². The molecule has 21 heavy (non-hydrogen) atoms. The molecule has 0 spiro atoms. The van der Waals surface area contributed by atoms with Gasteiger partial charge in [-0.15, -0.1) is 0 Å². The predicted octanol–water partition coefficient (Wildman–Crippen LogP) is 3.65. The molecule has 1 heterocycles. The van der Waals surface area contributed by atoms with Crippen molar-refractivity contribution in [1.29, 1.82) is 0 Å². The third-order valence-electron chi connectivity index (χ3n) is 2.80. The summed E-state index contributed by atoms with van der Waals surface area (Å²) in [4.78, 5) is 27.1. The number of amides is 1. The van der Waals surface area contributed by atoms with Crippen LogP contribution in [0.15, 0.2) is 30.5 Å². The van der Waals surface area contributed by atoms with E-state index in [0.29, 0.717) is 5.56 Å². The quantitative estimate of drug-likeness (QED) is 0.844. The van der Waals surface area contributed by atoms with E-state index in [1.165, 1.54) is 18.3 Å². The Kier molecular flexibility index (Phi) is 4.45. The van der Waals surface area contributed by atoms with Crippen molar-refractivity contribution in [3.63, 3.8) is 0 Å². The van der Waals surface area contributed by atoms with Crippen LogP contribution in [0.25, 0.3) is 0 Å². The van der Waals surface area contributed by atoms with Crippen molar-refractivity contribution in [2.24, 2.45) is 0 Å². The maximum absolute atomic E-state index is 12.2. The maximum Gasteiger partial charge on any atom is 0.337 e. The number of benzene rings is 1. The number of hydrogen-bond donors (Lipinski definition) is 2. The van der Waals surface area contributed by atoms with E-state index in [-0.39, 0.29) is 27.0 Å². The number of aromatic nitrogens is 1. The van der Waals surface area contributed by atoms with Crippen molar-refractivity contribution in [1.82, 2.24) is 4.98 Å². The summed E-state index contributed by atoms with van der Waals surface area (Å²) in [6.07, 6.45) is 1.27. The molecule has 1 aromatic carbocycles. The molecule has 108 valence electrons. The number of halogens is 2. The van der Waals surface area contributed by atoms with Crippen molar-refractivity contribution in [3.05, 3.63) is 57.3 Å². The minimum atomic E-state index is -1.12. The average molecular weight is 325 g/mol. The number of pyridine rings is 1. The fourth-order valence-corrected chi connectivity index (χ4v) is 2.01. The second kappa shape index (κ2) is 6.11. The van der Waals surface area contributed by atoms with Gasteiger partial charge < -0.3 is 10.4 Å². The smallest absolute Gasteiger partial charge is 0.337 e. The Morgan fingerprint density at radius 1 is 1.29 bits per heavy atom. The van der Waals surface area contributed by atoms with Gasteiger partial charge in [0.15, 0.2) is 0 Å². The summed E-state index contributed by atoms with van der Waals surface area (Å²) in [6, 6.07) is 6.09. The van der Waals surface area contributed by atoms with Gasteiger partial charge in [0.1, 0.15) is 5.15 Å². The van der Waals surface area contributed by atoms with E-state index in [1.807, 2.05) is 0 Å². The van der Waals surface area contributed by atoms with Gasteiger partial charge in [0.2, 0.25) is 0 Å². The molecule has 0 atom stereocenters. The Hall–Kier alpha value is -2.11. The Labute approximate surface area is 130 Å². The summed E-state index contributed by atoms with van der Waals surface area (Å²) in [6.45, 7) is 1.70. The van der Waals surface area contributed by atoms with Gasteiger partial charge in [0.05, 0.1) is 21.8 Å². The lowest BCUT2D eigenvalue weighted by Crippen LogP contribution is -2.16. The van der Waals surface area contributed by atoms with E-state index in [0.717, 1.165) is 0 Å². The lowest BCUT2D eigenvalue weighted by molar-refractivity contribution is 0.0698. The van der Waals surface area contributed by atoms with E-state index in [2.05, 4.69) is 10.3 Å². The van der Waals surface area contributed by atoms with Crippen LogP contribution in [0.4, 0.5) is 5.69 Å². The minimum Gasteiger partial charge on any atom is -0.478 e. The summed E-state index contributed by atoms with van der Waals surface area (Å²) < 4.78 is 0. The first-order valence-corrected chi connectivity index (χ1v) is 6.61. The fourth-order valence-electron chi connectivity index (χ4n) is 1.74. The van der Waals surface area contributed by atoms with Crippen LogP contribution in [0.1, 0.15) is 26.3 Å². The zero-order valence-electron chi connectivity index (χ0n) is 10.9. The normalized spacial score (nSPS) is 10.2. The zero-order chi connectivity index (χ0) is 15.6. The Morgan fingerprint density at radius 2 is 2.00 bits per heavy atom. The molecule has 2 N–H and O–H groups in total. The van der Waals surface area contributed by atoms with Gasteiger partial charge in [0.25, 0.3) is 5.91 Å². The first-order chi connectivity index (χ1) is 9.90. The number of carbonyl (C=O) groups is 2. The van der Waals surface area contributed by atoms with Crippen molar-refractivity contribution < 1.29 is 14.7 Å². The molecule has 0 aliphatic rings. The van der Waals surface area contributed by atoms with E-state index >= 15 is 0 Å². The number of carboxylic acids is 1. The Balaban J connectivity index is 2.36. The van der Waals surface area contributed by atoms with Crippen LogP contribution in [0.2, 0.25) is 10.2 Å². The molecule has 1 aromatic heterocycles. The summed E-state index contributed by atoms with van der Waals surface area (Å²) in [5.41, 5.74) is 1.07. The van der Waals surface area contributed by atoms with Crippen LogP contribution in [0, 0.1) is 6.92 Å². The van der Waals surface area contributed by atoms with Gasteiger partial charge >= 0.3 is 5.97 Å². The molecular weight excluding hydrogens is 315 g/mol. The summed E-state index contributed by atoms with van der Waals surface area (Å²) in [5.74, 6) is -1.64. The third-order valence-corrected chi connectivity index (χ3v) is 3.49. The second-order valence-electron chi connectivity index (χ2n) is 4.25. The monoisotopic (exact) mass is 324 g/mol. The molecule has 0 fully saturated rings. The highest BCUT2D eigenvalue weighted by Gasteiger charge is 2.16. The number of nitrogens with zero attached hydrogens (tertiary/aromatic N) is 1. The first kappa shape index (κ1) is 15.3. The predicted molar refractivity (Wildman–Crippen MR) is 80.3 cm³/mol. The minimum absolute atomic E-state index is 0.0105. The highest BCUT2D eigenvalue weighted by atomic mass is 35.5. The third kappa shape index (κ3) is 3.32. The molecule has 0 saturated heterocycles. The van der Waals surface area contributed by atoms with Crippen LogP contribution < -0.4 is 5.32 Å². The molecule has 5 nitrogen and oxygen atoms in total. The number of anilines is 1. The maximum atomic E-state index is 12.2. The van der Waals surface area contributed by atoms with Gasteiger partial charge in [-0.2, -0.15) is 0 Å². The van der Waals surface area contributed by atoms with Crippen molar-refractivity contribution >= 4 is 40.8 Å². The van der Waals surface area contributed by atoms with Crippen molar-refractivity contribution in [2.45, 2.75) is 6.92 Å². The Bertz CT molecular complexity index is 732. The van der Waals surface area contributed by atoms with Crippen LogP contribution >= 0.6 is 23.2 Å². The molecule has 2 rings (SSSR count). The van der Waals surface area contributed by atoms with E-state index in [1.54, 1.807) is 19.1 Å². The molecular formula is C14H10Cl2N2O3. The molecule has 0 unspecified atom stereocenters. The number of carbonyl (C=O) groups excluding carboxylic acids is 1. The topological polar surface area (TPSA) is 79.3 Å². The Morgan fingerprint density at radius 3 is 2.62 bits per heavy atom. The van der Waals surface area contributed by atoms with Crippen molar-refractivity contribution in [3.8, 4) is 0 Å². The van der Waals surface area contributed by atoms with Gasteiger partial charge in [-0.3, -0.25) is 4.79 Å². The summed E-state index contributed by atoms with van der Waals surface area (Å²) >= 11 is 11.5. The number of para-hydroxylation sites is 1. The molecule has 0 aliphatic heterocycles. The molecule has 0 bridgehead atoms. The highest BCUT2D eigenvalue weighted by Crippen LogP contribution is 2.23. The van der Waals surface area contributed by atoms with Crippen LogP contribution in [0.5, 0.6) is 0 Å². The number of rotatable bonds is 3. The lowest BCUT2D eigenvalue weighted by Gasteiger charge is -2.11. The van der Waals surface area contributed by atoms with Crippen molar-refractivity contribution in [2.75, 3.05) is 5.32 Å². The fraction of sp³-hybridized carbons (Fsp3) is 0.0714. The molecule has 1 amide bonds. The molecule has 0 radical (unpaired) electrons. The number of aryl methyl sites for hydroxylation is 1. The number of carboxylic acid groups (broad SMARTS) is 1. The first-order valence-electron chi connectivity index (χ1n) is 5.85. The summed E-state index contributed by atoms with van der Waals surface area (Å²) in [5, 5.41) is 12.0. The van der Waals surface area contributed by atoms with E-state index in [4.69, 9.17) is 28.3 Å². The largest absolute Gasteiger partial charge is 0.478 e. The van der Waals surface area contributed by atoms with Gasteiger partial charge in [-0.1, -0.05) is 35.3 Å². The summed E-state index contributed by atoms with van der Waals surface area (Å²) in [7, 11) is 0. The second-order valence-corrected chi connectivity index (χ2v) is 5.02. The van der Waals surface area contributed by atoms with Crippen LogP contribution in [-0.2, 0) is 0 Å². The van der Waals surface area contributed by atoms with E-state index < -0.39 is 11.9 Å². The lowest BCUT2D eigenvalue weighted by atomic mass is 10.1. The molecule has 0 aliphatic carbocycles. The number of hydrogen-bond acceptors (Lipinski definition) is 3. The van der Waals surface area contributed by atoms with E-state index in [9.17, 15) is 9.59 Å². The number of nitrogens with one attached hydrogen (secondary N) is 1. The van der Waals surface area contributed by atoms with Gasteiger partial charge in [-0.05, 0) is 24.6 Å². The average Bonchev–Trinajstić information content (AvgIpc) is 2.43. The number of aromatic carboxylic acids is 1. The molecule has 7 heteroatoms. The van der Waals surface area contributed by atoms with Gasteiger partial charge in [-0.25, -0.2) is 9.78 Å². The van der Waals surface area contributed by atoms with Crippen LogP contribution in [-0.4, -0.2) is 22.0 Å². The SMILES string of the molecule is Cc1cccc(C(=O)O)c1NC(=O)c1cnc(Cl)c(Cl)c1. The molecule has 0 saturated carbocycles. The highest BCUT2D eigenvalue weighted by molar-refractivity contribution is 6.41. The molecule has 2 aromatic rings. The zero-order valence-corrected chi connectivity index (χ0v) is 12.4. The standard InChI is InChI=1S/C14H10Cl2N2O3/c1-7-3-2-4-9(14(20)21)11(7)18-13(19)8-5-10(15)12(16)17-6-8/h2-6H,1H3,(H,18,19)(H,20,21).